The van der Waals surface area contributed by atoms with Gasteiger partial charge in [0.1, 0.15) is 11.6 Å². The maximum absolute atomic E-state index is 17.6. The SMILES string of the molecule is Fc1cccc(F)c1-c1c(-n2c3cc(-c4ccc(-c5ccccc5)nc4)ccc3c3ccc(-c4ccc(-c5ccccc5)nc4)cc32)cc(C(F)(F)F)cc1-n1c2cc(-c3ccc(-c4ccccc4)nc3)ccc2c2ccc(-c3ccc(-c4ccccc4)nc3)cc21. The monoisotopic (exact) mass is 1200 g/mol. The van der Waals surface area contributed by atoms with Crippen molar-refractivity contribution in [3.63, 3.8) is 0 Å². The van der Waals surface area contributed by atoms with Crippen molar-refractivity contribution < 1.29 is 22.0 Å². The summed E-state index contributed by atoms with van der Waals surface area (Å²) < 4.78 is 88.4. The van der Waals surface area contributed by atoms with Crippen LogP contribution >= 0.6 is 0 Å². The first-order chi connectivity index (χ1) is 45.1. The van der Waals surface area contributed by atoms with Gasteiger partial charge in [-0.15, -0.1) is 0 Å². The van der Waals surface area contributed by atoms with Gasteiger partial charge < -0.3 is 9.13 Å². The van der Waals surface area contributed by atoms with E-state index in [2.05, 4.69) is 0 Å². The Labute approximate surface area is 525 Å². The normalized spacial score (nSPS) is 11.8. The fourth-order valence-electron chi connectivity index (χ4n) is 12.8. The molecule has 10 aromatic carbocycles. The summed E-state index contributed by atoms with van der Waals surface area (Å²) in [5.74, 6) is -1.94. The molecule has 0 saturated carbocycles. The lowest BCUT2D eigenvalue weighted by atomic mass is 9.96. The van der Waals surface area contributed by atoms with Crippen LogP contribution in [0, 0.1) is 11.6 Å². The van der Waals surface area contributed by atoms with Crippen molar-refractivity contribution in [2.45, 2.75) is 6.18 Å². The smallest absolute Gasteiger partial charge is 0.308 e. The van der Waals surface area contributed by atoms with Crippen molar-refractivity contribution in [2.75, 3.05) is 0 Å². The lowest BCUT2D eigenvalue weighted by molar-refractivity contribution is -0.137. The van der Waals surface area contributed by atoms with E-state index >= 15 is 22.0 Å². The third kappa shape index (κ3) is 9.93. The molecule has 0 aliphatic heterocycles. The van der Waals surface area contributed by atoms with E-state index in [-0.39, 0.29) is 16.9 Å². The molecule has 6 heterocycles. The quantitative estimate of drug-likeness (QED) is 0.121. The molecule has 11 heteroatoms. The average molecular weight is 1200 g/mol. The molecule has 0 saturated heterocycles. The van der Waals surface area contributed by atoms with Gasteiger partial charge in [-0.25, -0.2) is 8.78 Å². The second-order valence-corrected chi connectivity index (χ2v) is 22.8. The zero-order valence-electron chi connectivity index (χ0n) is 48.9. The van der Waals surface area contributed by atoms with Gasteiger partial charge in [-0.1, -0.05) is 200 Å². The lowest BCUT2D eigenvalue weighted by Gasteiger charge is -2.23. The van der Waals surface area contributed by atoms with Crippen LogP contribution in [0.4, 0.5) is 22.0 Å². The predicted molar refractivity (Wildman–Crippen MR) is 360 cm³/mol. The highest BCUT2D eigenvalue weighted by Gasteiger charge is 2.36. The molecule has 0 radical (unpaired) electrons. The van der Waals surface area contributed by atoms with Crippen LogP contribution in [-0.2, 0) is 6.18 Å². The molecule has 0 aliphatic carbocycles. The van der Waals surface area contributed by atoms with Gasteiger partial charge >= 0.3 is 6.18 Å². The highest BCUT2D eigenvalue weighted by molar-refractivity contribution is 6.14. The van der Waals surface area contributed by atoms with Crippen molar-refractivity contribution in [1.82, 2.24) is 29.1 Å². The van der Waals surface area contributed by atoms with E-state index in [4.69, 9.17) is 19.9 Å². The van der Waals surface area contributed by atoms with Gasteiger partial charge in [-0.2, -0.15) is 13.2 Å². The first-order valence-electron chi connectivity index (χ1n) is 30.0. The third-order valence-electron chi connectivity index (χ3n) is 17.3. The number of hydrogen-bond acceptors (Lipinski definition) is 4. The van der Waals surface area contributed by atoms with Gasteiger partial charge in [0.05, 0.1) is 67.3 Å². The molecular formula is C81H49F5N6. The Morgan fingerprint density at radius 1 is 0.250 bits per heavy atom. The summed E-state index contributed by atoms with van der Waals surface area (Å²) >= 11 is 0. The van der Waals surface area contributed by atoms with E-state index in [0.29, 0.717) is 65.9 Å². The van der Waals surface area contributed by atoms with E-state index < -0.39 is 28.9 Å². The van der Waals surface area contributed by atoms with Gasteiger partial charge in [0.15, 0.2) is 0 Å². The first-order valence-corrected chi connectivity index (χ1v) is 30.0. The Kier molecular flexibility index (Phi) is 13.6. The van der Waals surface area contributed by atoms with Crippen molar-refractivity contribution in [3.05, 3.63) is 315 Å². The summed E-state index contributed by atoms with van der Waals surface area (Å²) in [6.45, 7) is 0. The predicted octanol–water partition coefficient (Wildman–Crippen LogP) is 21.8. The second kappa shape index (κ2) is 22.6. The number of nitrogens with zero attached hydrogens (tertiary/aromatic N) is 6. The van der Waals surface area contributed by atoms with Gasteiger partial charge in [0.25, 0.3) is 0 Å². The molecule has 16 aromatic rings. The Morgan fingerprint density at radius 3 is 0.772 bits per heavy atom. The largest absolute Gasteiger partial charge is 0.416 e. The van der Waals surface area contributed by atoms with Gasteiger partial charge in [-0.3, -0.25) is 19.9 Å². The van der Waals surface area contributed by atoms with Crippen LogP contribution in [0.1, 0.15) is 5.56 Å². The number of fused-ring (bicyclic) bond motifs is 6. The van der Waals surface area contributed by atoms with E-state index in [9.17, 15) is 0 Å². The van der Waals surface area contributed by atoms with Crippen molar-refractivity contribution >= 4 is 43.6 Å². The number of halogens is 5. The highest BCUT2D eigenvalue weighted by Crippen LogP contribution is 2.48. The molecule has 0 N–H and O–H groups in total. The maximum atomic E-state index is 17.6. The van der Waals surface area contributed by atoms with E-state index in [1.54, 1.807) is 33.9 Å². The van der Waals surface area contributed by atoms with E-state index in [1.807, 2.05) is 243 Å². The molecule has 6 aromatic heterocycles. The first kappa shape index (κ1) is 55.4. The molecule has 0 spiro atoms. The standard InChI is InChI=1S/C81H49F5N6/c82-67-22-13-23-68(83)79(67)80-77(91-73-40-54(58-28-36-69(87-46-58)50-14-5-1-6-15-50)24-32-63(73)64-33-25-55(41-74(64)91)59-29-37-70(88-47-59)51-16-7-2-8-17-51)44-62(81(84,85)86)45-78(80)92-75-42-56(60-30-38-71(89-48-60)52-18-9-3-10-19-52)26-34-65(75)66-35-27-57(43-76(66)92)61-31-39-72(90-49-61)53-20-11-4-12-21-53/h1-49H. The summed E-state index contributed by atoms with van der Waals surface area (Å²) in [7, 11) is 0. The highest BCUT2D eigenvalue weighted by atomic mass is 19.4. The topological polar surface area (TPSA) is 61.4 Å². The number of alkyl halides is 3. The molecule has 0 amide bonds. The molecule has 0 atom stereocenters. The van der Waals surface area contributed by atoms with Crippen molar-refractivity contribution in [3.8, 4) is 112 Å². The second-order valence-electron chi connectivity index (χ2n) is 22.8. The van der Waals surface area contributed by atoms with Crippen molar-refractivity contribution in [1.29, 1.82) is 0 Å². The van der Waals surface area contributed by atoms with Gasteiger partial charge in [-0.05, 0) is 95.1 Å². The fourth-order valence-corrected chi connectivity index (χ4v) is 12.8. The molecule has 6 nitrogen and oxygen atoms in total. The van der Waals surface area contributed by atoms with Gasteiger partial charge in [0.2, 0.25) is 0 Å². The fraction of sp³-hybridized carbons (Fsp3) is 0.0123. The summed E-state index contributed by atoms with van der Waals surface area (Å²) in [5, 5.41) is 2.74. The summed E-state index contributed by atoms with van der Waals surface area (Å²) in [5.41, 5.74) is 12.6. The minimum atomic E-state index is -4.99. The zero-order valence-corrected chi connectivity index (χ0v) is 48.9. The minimum Gasteiger partial charge on any atom is -0.308 e. The van der Waals surface area contributed by atoms with Crippen LogP contribution < -0.4 is 0 Å². The van der Waals surface area contributed by atoms with E-state index in [1.165, 1.54) is 6.07 Å². The molecule has 16 rings (SSSR count). The average Bonchev–Trinajstić information content (AvgIpc) is 1.57. The Hall–Kier alpha value is -12.0. The van der Waals surface area contributed by atoms with E-state index in [0.717, 1.165) is 91.5 Å². The molecule has 0 bridgehead atoms. The van der Waals surface area contributed by atoms with Crippen LogP contribution in [0.5, 0.6) is 0 Å². The lowest BCUT2D eigenvalue weighted by Crippen LogP contribution is -2.12. The van der Waals surface area contributed by atoms with Crippen LogP contribution in [-0.4, -0.2) is 29.1 Å². The number of rotatable bonds is 11. The maximum Gasteiger partial charge on any atom is 0.416 e. The van der Waals surface area contributed by atoms with Gasteiger partial charge in [0, 0.05) is 96.4 Å². The molecule has 0 aliphatic rings. The molecule has 0 fully saturated rings. The number of aromatic nitrogens is 6. The zero-order chi connectivity index (χ0) is 62.0. The molecule has 92 heavy (non-hydrogen) atoms. The van der Waals surface area contributed by atoms with Crippen LogP contribution in [0.3, 0.4) is 0 Å². The Balaban J connectivity index is 0.993. The minimum absolute atomic E-state index is 0.119. The number of benzene rings is 10. The Morgan fingerprint density at radius 2 is 0.522 bits per heavy atom. The van der Waals surface area contributed by atoms with Crippen LogP contribution in [0.15, 0.2) is 298 Å². The van der Waals surface area contributed by atoms with Crippen LogP contribution in [0.2, 0.25) is 0 Å². The Bertz CT molecular complexity index is 4850. The summed E-state index contributed by atoms with van der Waals surface area (Å²) in [4.78, 5) is 19.4. The summed E-state index contributed by atoms with van der Waals surface area (Å²) in [6.07, 6.45) is 2.10. The molecule has 438 valence electrons. The molecular weight excluding hydrogens is 1150 g/mol. The number of hydrogen-bond donors (Lipinski definition) is 0. The summed E-state index contributed by atoms with van der Waals surface area (Å²) in [6, 6.07) is 83.7. The van der Waals surface area contributed by atoms with Crippen molar-refractivity contribution in [2.24, 2.45) is 0 Å². The third-order valence-corrected chi connectivity index (χ3v) is 17.3. The number of pyridine rings is 4. The molecule has 0 unspecified atom stereocenters. The van der Waals surface area contributed by atoms with Crippen LogP contribution in [0.25, 0.3) is 156 Å².